The Morgan fingerprint density at radius 1 is 1.30 bits per heavy atom. The molecule has 0 saturated carbocycles. The summed E-state index contributed by atoms with van der Waals surface area (Å²) >= 11 is 1.39. The lowest BCUT2D eigenvalue weighted by Gasteiger charge is -2.30. The van der Waals surface area contributed by atoms with Crippen LogP contribution in [0.2, 0.25) is 0 Å². The minimum Gasteiger partial charge on any atom is -0.508 e. The average Bonchev–Trinajstić information content (AvgIpc) is 3.15. The van der Waals surface area contributed by atoms with Gasteiger partial charge in [0.25, 0.3) is 5.91 Å². The van der Waals surface area contributed by atoms with Gasteiger partial charge in [-0.1, -0.05) is 0 Å². The fraction of sp³-hybridized carbons (Fsp3) is 0.412. The van der Waals surface area contributed by atoms with Gasteiger partial charge in [-0.2, -0.15) is 0 Å². The van der Waals surface area contributed by atoms with Crippen molar-refractivity contribution in [3.05, 3.63) is 35.5 Å². The molecule has 0 aliphatic carbocycles. The van der Waals surface area contributed by atoms with Crippen LogP contribution >= 0.6 is 11.3 Å². The zero-order chi connectivity index (χ0) is 15.8. The number of piperidine rings is 1. The largest absolute Gasteiger partial charge is 0.508 e. The standard InChI is InChI=1S/C17H19N3O2S/c21-14-3-1-12(2-4-14)15-8-18-17(23-15)16(22)19-13-7-11-5-6-20(9-11)10-13/h1-4,8,11,13,21H,5-7,9-10H2,(H,19,22). The number of phenols is 1. The SMILES string of the molecule is O=C(NC1CC2CCN(C2)C1)c1ncc(-c2ccc(O)cc2)s1. The van der Waals surface area contributed by atoms with Gasteiger partial charge in [0, 0.05) is 25.3 Å². The number of benzene rings is 1. The molecule has 120 valence electrons. The van der Waals surface area contributed by atoms with Gasteiger partial charge in [-0.25, -0.2) is 4.98 Å². The molecule has 2 N–H and O–H groups in total. The lowest BCUT2D eigenvalue weighted by atomic mass is 9.97. The van der Waals surface area contributed by atoms with E-state index in [0.717, 1.165) is 29.3 Å². The van der Waals surface area contributed by atoms with Crippen molar-refractivity contribution in [1.29, 1.82) is 0 Å². The zero-order valence-corrected chi connectivity index (χ0v) is 13.6. The maximum Gasteiger partial charge on any atom is 0.280 e. The molecule has 0 radical (unpaired) electrons. The van der Waals surface area contributed by atoms with Gasteiger partial charge in [0.05, 0.1) is 4.88 Å². The van der Waals surface area contributed by atoms with Crippen molar-refractivity contribution in [1.82, 2.24) is 15.2 Å². The van der Waals surface area contributed by atoms with Crippen LogP contribution in [-0.2, 0) is 0 Å². The van der Waals surface area contributed by atoms with E-state index in [0.29, 0.717) is 5.01 Å². The summed E-state index contributed by atoms with van der Waals surface area (Å²) in [4.78, 5) is 20.1. The first kappa shape index (κ1) is 14.7. The van der Waals surface area contributed by atoms with E-state index in [1.165, 1.54) is 30.8 Å². The number of amides is 1. The van der Waals surface area contributed by atoms with E-state index in [-0.39, 0.29) is 17.7 Å². The summed E-state index contributed by atoms with van der Waals surface area (Å²) < 4.78 is 0. The molecule has 3 heterocycles. The summed E-state index contributed by atoms with van der Waals surface area (Å²) in [5.74, 6) is 0.892. The molecule has 1 amide bonds. The fourth-order valence-electron chi connectivity index (χ4n) is 3.55. The maximum atomic E-state index is 12.4. The molecule has 1 aromatic carbocycles. The number of thiazole rings is 1. The highest BCUT2D eigenvalue weighted by atomic mass is 32.1. The normalized spacial score (nSPS) is 26.2. The summed E-state index contributed by atoms with van der Waals surface area (Å²) in [5, 5.41) is 13.0. The highest BCUT2D eigenvalue weighted by Crippen LogP contribution is 2.29. The van der Waals surface area contributed by atoms with Gasteiger partial charge in [-0.05, 0) is 55.1 Å². The number of hydrogen-bond acceptors (Lipinski definition) is 5. The first-order valence-electron chi connectivity index (χ1n) is 7.96. The Morgan fingerprint density at radius 2 is 2.13 bits per heavy atom. The third-order valence-corrected chi connectivity index (χ3v) is 5.70. The van der Waals surface area contributed by atoms with E-state index in [9.17, 15) is 9.90 Å². The van der Waals surface area contributed by atoms with Crippen molar-refractivity contribution in [2.45, 2.75) is 18.9 Å². The fourth-order valence-corrected chi connectivity index (χ4v) is 4.37. The summed E-state index contributed by atoms with van der Waals surface area (Å²) in [7, 11) is 0. The van der Waals surface area contributed by atoms with E-state index in [1.807, 2.05) is 12.1 Å². The van der Waals surface area contributed by atoms with Gasteiger partial charge >= 0.3 is 0 Å². The lowest BCUT2D eigenvalue weighted by molar-refractivity contribution is 0.0909. The Kier molecular flexibility index (Phi) is 3.79. The zero-order valence-electron chi connectivity index (χ0n) is 12.7. The first-order chi connectivity index (χ1) is 11.2. The van der Waals surface area contributed by atoms with Crippen molar-refractivity contribution in [2.75, 3.05) is 19.6 Å². The summed E-state index contributed by atoms with van der Waals surface area (Å²) in [6.45, 7) is 3.31. The van der Waals surface area contributed by atoms with E-state index in [4.69, 9.17) is 0 Å². The minimum atomic E-state index is -0.0764. The Labute approximate surface area is 139 Å². The van der Waals surface area contributed by atoms with Crippen molar-refractivity contribution in [3.8, 4) is 16.2 Å². The van der Waals surface area contributed by atoms with Crippen LogP contribution in [-0.4, -0.2) is 46.6 Å². The molecule has 6 heteroatoms. The van der Waals surface area contributed by atoms with Crippen LogP contribution < -0.4 is 5.32 Å². The van der Waals surface area contributed by atoms with Gasteiger partial charge in [-0.3, -0.25) is 4.79 Å². The molecule has 1 aromatic heterocycles. The number of fused-ring (bicyclic) bond motifs is 2. The predicted molar refractivity (Wildman–Crippen MR) is 89.6 cm³/mol. The molecule has 3 atom stereocenters. The van der Waals surface area contributed by atoms with Crippen LogP contribution in [0, 0.1) is 5.92 Å². The number of carbonyl (C=O) groups is 1. The molecule has 23 heavy (non-hydrogen) atoms. The Balaban J connectivity index is 1.44. The molecule has 3 unspecified atom stereocenters. The van der Waals surface area contributed by atoms with Crippen LogP contribution in [0.15, 0.2) is 30.5 Å². The van der Waals surface area contributed by atoms with Crippen molar-refractivity contribution in [2.24, 2.45) is 5.92 Å². The Bertz CT molecular complexity index is 701. The minimum absolute atomic E-state index is 0.0764. The molecule has 5 nitrogen and oxygen atoms in total. The summed E-state index contributed by atoms with van der Waals surface area (Å²) in [6.07, 6.45) is 4.06. The third-order valence-electron chi connectivity index (χ3n) is 4.65. The molecule has 2 bridgehead atoms. The molecular formula is C17H19N3O2S. The monoisotopic (exact) mass is 329 g/mol. The third kappa shape index (κ3) is 3.09. The van der Waals surface area contributed by atoms with Gasteiger partial charge in [-0.15, -0.1) is 11.3 Å². The number of phenolic OH excluding ortho intramolecular Hbond substituents is 1. The Morgan fingerprint density at radius 3 is 2.91 bits per heavy atom. The van der Waals surface area contributed by atoms with Crippen LogP contribution in [0.3, 0.4) is 0 Å². The molecule has 2 aliphatic heterocycles. The molecule has 4 rings (SSSR count). The second kappa shape index (κ2) is 5.94. The predicted octanol–water partition coefficient (Wildman–Crippen LogP) is 2.34. The van der Waals surface area contributed by atoms with Gasteiger partial charge < -0.3 is 15.3 Å². The Hall–Kier alpha value is -1.92. The van der Waals surface area contributed by atoms with Crippen molar-refractivity contribution in [3.63, 3.8) is 0 Å². The number of aromatic nitrogens is 1. The number of nitrogens with one attached hydrogen (secondary N) is 1. The number of rotatable bonds is 3. The van der Waals surface area contributed by atoms with E-state index in [2.05, 4.69) is 15.2 Å². The van der Waals surface area contributed by atoms with Crippen LogP contribution in [0.1, 0.15) is 22.6 Å². The van der Waals surface area contributed by atoms with Crippen LogP contribution in [0.4, 0.5) is 0 Å². The van der Waals surface area contributed by atoms with Crippen LogP contribution in [0.5, 0.6) is 5.75 Å². The topological polar surface area (TPSA) is 65.5 Å². The van der Waals surface area contributed by atoms with Gasteiger partial charge in [0.15, 0.2) is 5.01 Å². The van der Waals surface area contributed by atoms with Crippen molar-refractivity contribution >= 4 is 17.2 Å². The van der Waals surface area contributed by atoms with E-state index >= 15 is 0 Å². The van der Waals surface area contributed by atoms with Gasteiger partial charge in [0.2, 0.25) is 0 Å². The molecule has 0 spiro atoms. The highest BCUT2D eigenvalue weighted by molar-refractivity contribution is 7.16. The molecule has 2 aliphatic rings. The summed E-state index contributed by atoms with van der Waals surface area (Å²) in [5.41, 5.74) is 0.959. The molecule has 2 saturated heterocycles. The number of aromatic hydroxyl groups is 1. The maximum absolute atomic E-state index is 12.4. The first-order valence-corrected chi connectivity index (χ1v) is 8.77. The lowest BCUT2D eigenvalue weighted by Crippen LogP contribution is -2.46. The second-order valence-corrected chi connectivity index (χ2v) is 7.43. The number of carbonyl (C=O) groups excluding carboxylic acids is 1. The van der Waals surface area contributed by atoms with E-state index in [1.54, 1.807) is 18.3 Å². The van der Waals surface area contributed by atoms with Crippen LogP contribution in [0.25, 0.3) is 10.4 Å². The highest BCUT2D eigenvalue weighted by Gasteiger charge is 2.33. The smallest absolute Gasteiger partial charge is 0.280 e. The summed E-state index contributed by atoms with van der Waals surface area (Å²) in [6, 6.07) is 7.18. The molecular weight excluding hydrogens is 310 g/mol. The van der Waals surface area contributed by atoms with Gasteiger partial charge in [0.1, 0.15) is 5.75 Å². The number of hydrogen-bond donors (Lipinski definition) is 2. The quantitative estimate of drug-likeness (QED) is 0.907. The molecule has 2 aromatic rings. The second-order valence-electron chi connectivity index (χ2n) is 6.40. The average molecular weight is 329 g/mol. The van der Waals surface area contributed by atoms with Crippen molar-refractivity contribution < 1.29 is 9.90 Å². The number of nitrogens with zero attached hydrogens (tertiary/aromatic N) is 2. The van der Waals surface area contributed by atoms with E-state index < -0.39 is 0 Å². The molecule has 2 fully saturated rings.